The van der Waals surface area contributed by atoms with E-state index in [2.05, 4.69) is 0 Å². The standard InChI is InChI=1S/C23H17Cl3FNO5/c1-4-28-10(2)18(13-8-12(22(30)31)15(25)9-17(13)27)21(29)19(23(32)33-3)20(28)11-5-6-14(24)16(26)7-11/h5-9H,4H2,1-3H3,(H,30,31). The Bertz CT molecular complexity index is 1370. The SMILES string of the molecule is CCn1c(C)c(-c2cc(C(=O)O)c(Cl)cc2F)c(=O)c(C(=O)OC)c1-c1ccc(Cl)c(Cl)c1. The molecule has 6 nitrogen and oxygen atoms in total. The highest BCUT2D eigenvalue weighted by Crippen LogP contribution is 2.35. The number of esters is 1. The number of benzene rings is 2. The van der Waals surface area contributed by atoms with Gasteiger partial charge in [-0.05, 0) is 38.1 Å². The first kappa shape index (κ1) is 24.8. The van der Waals surface area contributed by atoms with Crippen LogP contribution in [0.15, 0.2) is 35.1 Å². The molecule has 1 aromatic heterocycles. The summed E-state index contributed by atoms with van der Waals surface area (Å²) in [6.45, 7) is 3.61. The second kappa shape index (κ2) is 9.55. The number of hydrogen-bond acceptors (Lipinski definition) is 4. The first-order chi connectivity index (χ1) is 15.5. The summed E-state index contributed by atoms with van der Waals surface area (Å²) in [5.74, 6) is -3.25. The summed E-state index contributed by atoms with van der Waals surface area (Å²) in [5.41, 5.74) is -1.13. The van der Waals surface area contributed by atoms with Crippen LogP contribution in [0, 0.1) is 12.7 Å². The molecular formula is C23H17Cl3FNO5. The highest BCUT2D eigenvalue weighted by atomic mass is 35.5. The third kappa shape index (κ3) is 4.36. The first-order valence-electron chi connectivity index (χ1n) is 9.57. The molecule has 2 aromatic carbocycles. The molecule has 10 heteroatoms. The lowest BCUT2D eigenvalue weighted by atomic mass is 9.95. The fraction of sp³-hybridized carbons (Fsp3) is 0.174. The van der Waals surface area contributed by atoms with Gasteiger partial charge in [-0.15, -0.1) is 0 Å². The lowest BCUT2D eigenvalue weighted by Crippen LogP contribution is -2.26. The van der Waals surface area contributed by atoms with Crippen LogP contribution < -0.4 is 5.43 Å². The maximum absolute atomic E-state index is 14.9. The number of carbonyl (C=O) groups excluding carboxylic acids is 1. The van der Waals surface area contributed by atoms with E-state index < -0.39 is 23.2 Å². The van der Waals surface area contributed by atoms with Crippen LogP contribution in [0.2, 0.25) is 15.1 Å². The van der Waals surface area contributed by atoms with Gasteiger partial charge in [-0.25, -0.2) is 14.0 Å². The number of aromatic carboxylic acids is 1. The van der Waals surface area contributed by atoms with Crippen molar-refractivity contribution in [2.45, 2.75) is 20.4 Å². The Morgan fingerprint density at radius 1 is 1.09 bits per heavy atom. The summed E-state index contributed by atoms with van der Waals surface area (Å²) in [4.78, 5) is 37.9. The molecule has 0 spiro atoms. The normalized spacial score (nSPS) is 10.9. The van der Waals surface area contributed by atoms with Crippen LogP contribution in [-0.4, -0.2) is 28.7 Å². The van der Waals surface area contributed by atoms with Crippen molar-refractivity contribution in [2.24, 2.45) is 0 Å². The van der Waals surface area contributed by atoms with Crippen LogP contribution in [0.5, 0.6) is 0 Å². The minimum Gasteiger partial charge on any atom is -0.478 e. The number of carbonyl (C=O) groups is 2. The van der Waals surface area contributed by atoms with Crippen LogP contribution in [0.25, 0.3) is 22.4 Å². The average Bonchev–Trinajstić information content (AvgIpc) is 2.76. The molecule has 0 radical (unpaired) electrons. The number of aromatic nitrogens is 1. The largest absolute Gasteiger partial charge is 0.478 e. The van der Waals surface area contributed by atoms with Crippen LogP contribution in [0.4, 0.5) is 4.39 Å². The molecule has 0 bridgehead atoms. The predicted octanol–water partition coefficient (Wildman–Crippen LogP) is 6.09. The highest BCUT2D eigenvalue weighted by Gasteiger charge is 2.28. The number of ether oxygens (including phenoxy) is 1. The summed E-state index contributed by atoms with van der Waals surface area (Å²) in [6.07, 6.45) is 0. The molecule has 0 aliphatic heterocycles. The van der Waals surface area contributed by atoms with Gasteiger partial charge in [0.15, 0.2) is 0 Å². The van der Waals surface area contributed by atoms with E-state index in [1.807, 2.05) is 0 Å². The number of rotatable bonds is 5. The van der Waals surface area contributed by atoms with Crippen molar-refractivity contribution < 1.29 is 23.8 Å². The summed E-state index contributed by atoms with van der Waals surface area (Å²) < 4.78 is 21.4. The number of carboxylic acids is 1. The number of pyridine rings is 1. The van der Waals surface area contributed by atoms with Gasteiger partial charge in [-0.3, -0.25) is 4.79 Å². The van der Waals surface area contributed by atoms with Crippen molar-refractivity contribution in [3.05, 3.63) is 78.3 Å². The molecule has 3 aromatic rings. The van der Waals surface area contributed by atoms with Gasteiger partial charge in [0.1, 0.15) is 11.4 Å². The van der Waals surface area contributed by atoms with Crippen LogP contribution >= 0.6 is 34.8 Å². The number of methoxy groups -OCH3 is 1. The molecule has 0 aliphatic rings. The quantitative estimate of drug-likeness (QED) is 0.418. The lowest BCUT2D eigenvalue weighted by molar-refractivity contribution is 0.0598. The molecule has 0 fully saturated rings. The van der Waals surface area contributed by atoms with Gasteiger partial charge >= 0.3 is 11.9 Å². The van der Waals surface area contributed by atoms with Crippen LogP contribution in [0.1, 0.15) is 33.3 Å². The summed E-state index contributed by atoms with van der Waals surface area (Å²) in [6, 6.07) is 6.41. The highest BCUT2D eigenvalue weighted by molar-refractivity contribution is 6.42. The summed E-state index contributed by atoms with van der Waals surface area (Å²) in [7, 11) is 1.11. The van der Waals surface area contributed by atoms with E-state index in [1.54, 1.807) is 24.5 Å². The number of nitrogens with zero attached hydrogens (tertiary/aromatic N) is 1. The lowest BCUT2D eigenvalue weighted by Gasteiger charge is -2.22. The molecule has 0 aliphatic carbocycles. The Balaban J connectivity index is 2.52. The van der Waals surface area contributed by atoms with E-state index in [0.29, 0.717) is 11.3 Å². The number of hydrogen-bond donors (Lipinski definition) is 1. The Hall–Kier alpha value is -2.87. The molecule has 0 saturated heterocycles. The Morgan fingerprint density at radius 3 is 2.30 bits per heavy atom. The van der Waals surface area contributed by atoms with Crippen molar-refractivity contribution >= 4 is 46.7 Å². The third-order valence-electron chi connectivity index (χ3n) is 5.18. The van der Waals surface area contributed by atoms with Crippen molar-refractivity contribution in [2.75, 3.05) is 7.11 Å². The van der Waals surface area contributed by atoms with Crippen molar-refractivity contribution in [1.29, 1.82) is 0 Å². The second-order valence-corrected chi connectivity index (χ2v) is 8.22. The molecule has 1 heterocycles. The second-order valence-electron chi connectivity index (χ2n) is 6.99. The van der Waals surface area contributed by atoms with E-state index in [1.165, 1.54) is 12.1 Å². The van der Waals surface area contributed by atoms with E-state index in [0.717, 1.165) is 19.2 Å². The van der Waals surface area contributed by atoms with Gasteiger partial charge in [0.2, 0.25) is 5.43 Å². The molecular weight excluding hydrogens is 496 g/mol. The van der Waals surface area contributed by atoms with Crippen molar-refractivity contribution in [3.63, 3.8) is 0 Å². The first-order valence-corrected chi connectivity index (χ1v) is 10.7. The van der Waals surface area contributed by atoms with Crippen molar-refractivity contribution in [3.8, 4) is 22.4 Å². The Morgan fingerprint density at radius 2 is 1.76 bits per heavy atom. The molecule has 3 rings (SSSR count). The number of halogens is 4. The minimum atomic E-state index is -1.39. The Kier molecular flexibility index (Phi) is 7.17. The predicted molar refractivity (Wildman–Crippen MR) is 125 cm³/mol. The molecule has 0 unspecified atom stereocenters. The monoisotopic (exact) mass is 511 g/mol. The van der Waals surface area contributed by atoms with E-state index in [4.69, 9.17) is 39.5 Å². The van der Waals surface area contributed by atoms with Crippen LogP contribution in [0.3, 0.4) is 0 Å². The molecule has 33 heavy (non-hydrogen) atoms. The maximum Gasteiger partial charge on any atom is 0.344 e. The average molecular weight is 513 g/mol. The number of carboxylic acid groups (broad SMARTS) is 1. The molecule has 172 valence electrons. The van der Waals surface area contributed by atoms with Gasteiger partial charge in [-0.1, -0.05) is 40.9 Å². The van der Waals surface area contributed by atoms with Gasteiger partial charge in [-0.2, -0.15) is 0 Å². The fourth-order valence-corrected chi connectivity index (χ4v) is 4.22. The summed E-state index contributed by atoms with van der Waals surface area (Å²) in [5, 5.41) is 9.57. The zero-order valence-corrected chi connectivity index (χ0v) is 19.9. The van der Waals surface area contributed by atoms with E-state index in [-0.39, 0.29) is 49.6 Å². The smallest absolute Gasteiger partial charge is 0.344 e. The van der Waals surface area contributed by atoms with E-state index in [9.17, 15) is 23.9 Å². The zero-order valence-electron chi connectivity index (χ0n) is 17.6. The summed E-state index contributed by atoms with van der Waals surface area (Å²) >= 11 is 18.0. The van der Waals surface area contributed by atoms with Crippen molar-refractivity contribution in [1.82, 2.24) is 4.57 Å². The molecule has 0 saturated carbocycles. The molecule has 0 amide bonds. The molecule has 0 atom stereocenters. The van der Waals surface area contributed by atoms with Gasteiger partial charge in [0, 0.05) is 23.4 Å². The maximum atomic E-state index is 14.9. The minimum absolute atomic E-state index is 0.183. The topological polar surface area (TPSA) is 85.6 Å². The third-order valence-corrected chi connectivity index (χ3v) is 6.23. The van der Waals surface area contributed by atoms with Gasteiger partial charge < -0.3 is 14.4 Å². The van der Waals surface area contributed by atoms with E-state index >= 15 is 0 Å². The van der Waals surface area contributed by atoms with Gasteiger partial charge in [0.05, 0.1) is 39.0 Å². The fourth-order valence-electron chi connectivity index (χ4n) is 3.69. The zero-order chi connectivity index (χ0) is 24.6. The molecule has 1 N–H and O–H groups in total. The van der Waals surface area contributed by atoms with Crippen LogP contribution in [-0.2, 0) is 11.3 Å². The Labute approximate surface area is 203 Å². The van der Waals surface area contributed by atoms with Gasteiger partial charge in [0.25, 0.3) is 0 Å².